The summed E-state index contributed by atoms with van der Waals surface area (Å²) in [5.74, 6) is -8.43. The van der Waals surface area contributed by atoms with Crippen LogP contribution in [0.2, 0.25) is 31.6 Å². The third-order valence-corrected chi connectivity index (χ3v) is 29.7. The van der Waals surface area contributed by atoms with Gasteiger partial charge in [0.2, 0.25) is 0 Å². The highest BCUT2D eigenvalue weighted by Gasteiger charge is 2.58. The van der Waals surface area contributed by atoms with Crippen LogP contribution in [-0.2, 0) is 28.7 Å². The van der Waals surface area contributed by atoms with Gasteiger partial charge in [-0.15, -0.1) is 0 Å². The number of nitrogens with zero attached hydrogens (tertiary/aromatic N) is 10. The lowest BCUT2D eigenvalue weighted by Crippen LogP contribution is -2.64. The first-order valence-electron chi connectivity index (χ1n) is 47.2. The van der Waals surface area contributed by atoms with Crippen molar-refractivity contribution in [3.63, 3.8) is 0 Å². The zero-order valence-electron chi connectivity index (χ0n) is 81.1. The molecule has 780 valence electrons. The molecule has 51 nitrogen and oxygen atoms in total. The van der Waals surface area contributed by atoms with Crippen LogP contribution in [0.5, 0.6) is 0 Å². The predicted octanol–water partition coefficient (Wildman–Crippen LogP) is -11.9. The summed E-state index contributed by atoms with van der Waals surface area (Å²) < 4.78 is 5.12. The number of likely N-dealkylation sites (N-methyl/N-ethyl adjacent to an activating group) is 4. The fourth-order valence-electron chi connectivity index (χ4n) is 20.8. The molecule has 35 N–H and O–H groups in total. The summed E-state index contributed by atoms with van der Waals surface area (Å²) in [6, 6.07) is -0.355. The second-order valence-corrected chi connectivity index (χ2v) is 41.1. The number of nitrogens with two attached hydrogens (primary N) is 10. The van der Waals surface area contributed by atoms with Crippen molar-refractivity contribution in [1.82, 2.24) is 0 Å². The van der Waals surface area contributed by atoms with Crippen LogP contribution in [0.4, 0.5) is 56.9 Å². The average molecular weight is 1990 g/mol. The molecule has 0 radical (unpaired) electrons. The van der Waals surface area contributed by atoms with Crippen molar-refractivity contribution in [3.8, 4) is 0 Å². The number of carbonyl (C=O) groups is 5. The van der Waals surface area contributed by atoms with Crippen LogP contribution in [-0.4, -0.2) is 343 Å². The van der Waals surface area contributed by atoms with Crippen molar-refractivity contribution in [3.05, 3.63) is 102 Å². The Morgan fingerprint density at radius 1 is 0.404 bits per heavy atom. The summed E-state index contributed by atoms with van der Waals surface area (Å²) in [6.45, 7) is 9.13. The molecule has 0 amide bonds. The van der Waals surface area contributed by atoms with E-state index >= 15 is 0 Å². The molecule has 8 aliphatic rings. The van der Waals surface area contributed by atoms with Crippen LogP contribution < -0.4 is 161 Å². The van der Waals surface area contributed by atoms with E-state index in [2.05, 4.69) is 0 Å². The number of carboxylic acid groups (broad SMARTS) is 5. The summed E-state index contributed by atoms with van der Waals surface area (Å²) in [6.07, 6.45) is 7.38. The molecule has 141 heavy (non-hydrogen) atoms. The lowest BCUT2D eigenvalue weighted by Gasteiger charge is -2.43. The van der Waals surface area contributed by atoms with Gasteiger partial charge in [0, 0.05) is 185 Å². The van der Waals surface area contributed by atoms with E-state index in [9.17, 15) is 97.5 Å². The maximum atomic E-state index is 12.3. The molecule has 6 heterocycles. The third kappa shape index (κ3) is 24.4. The Kier molecular flexibility index (Phi) is 36.9. The van der Waals surface area contributed by atoms with E-state index in [-0.39, 0.29) is 184 Å². The monoisotopic (exact) mass is 1990 g/mol. The maximum Gasteiger partial charge on any atom is 0.451 e. The van der Waals surface area contributed by atoms with Gasteiger partial charge in [-0.05, 0) is 117 Å². The average Bonchev–Trinajstić information content (AvgIpc) is 1.54. The molecule has 13 rings (SSSR count). The van der Waals surface area contributed by atoms with E-state index in [0.29, 0.717) is 96.2 Å². The predicted molar refractivity (Wildman–Crippen MR) is 532 cm³/mol. The number of hydrogen-bond donors (Lipinski definition) is 25. The largest absolute Gasteiger partial charge is 0.480 e. The van der Waals surface area contributed by atoms with E-state index in [0.717, 1.165) is 25.7 Å². The molecule has 4 unspecified atom stereocenters. The number of rotatable bonds is 43. The molecule has 6 aliphatic heterocycles. The highest BCUT2D eigenvalue weighted by molar-refractivity contribution is 6.42. The molecular formula is C85H139B5N20O31. The van der Waals surface area contributed by atoms with Gasteiger partial charge in [0.05, 0.1) is 18.8 Å². The van der Waals surface area contributed by atoms with Gasteiger partial charge in [-0.2, -0.15) is 0 Å². The first-order chi connectivity index (χ1) is 65.3. The topological polar surface area (TPSA) is 861 Å². The van der Waals surface area contributed by atoms with E-state index in [1.54, 1.807) is 105 Å². The Bertz CT molecular complexity index is 5530. The molecule has 0 aromatic heterocycles. The Hall–Kier alpha value is -9.77. The third-order valence-electron chi connectivity index (χ3n) is 29.7. The lowest BCUT2D eigenvalue weighted by molar-refractivity contribution is -0.145. The van der Waals surface area contributed by atoms with Gasteiger partial charge in [-0.1, -0.05) is 32.1 Å². The summed E-state index contributed by atoms with van der Waals surface area (Å²) >= 11 is 0. The van der Waals surface area contributed by atoms with Gasteiger partial charge in [0.15, 0.2) is 0 Å². The smallest absolute Gasteiger partial charge is 0.451 e. The fraction of sp³-hybridized carbons (Fsp3) is 0.706. The zero-order valence-corrected chi connectivity index (χ0v) is 81.1. The Morgan fingerprint density at radius 3 is 0.887 bits per heavy atom. The van der Waals surface area contributed by atoms with Crippen molar-refractivity contribution in [2.75, 3.05) is 176 Å². The number of hydrogen-bond acceptors (Lipinski definition) is 46. The van der Waals surface area contributed by atoms with E-state index in [4.69, 9.17) is 112 Å². The van der Waals surface area contributed by atoms with E-state index in [1.165, 1.54) is 0 Å². The first kappa shape index (κ1) is 115. The maximum absolute atomic E-state index is 12.3. The Balaban J connectivity index is 0.000000197. The fourth-order valence-corrected chi connectivity index (χ4v) is 20.8. The molecule has 0 spiro atoms. The van der Waals surface area contributed by atoms with Crippen LogP contribution >= 0.6 is 0 Å². The summed E-state index contributed by atoms with van der Waals surface area (Å²) in [4.78, 5) is 198. The molecule has 5 aromatic carbocycles. The van der Waals surface area contributed by atoms with Crippen molar-refractivity contribution in [2.24, 2.45) is 86.9 Å². The van der Waals surface area contributed by atoms with E-state index in [1.807, 2.05) is 6.92 Å². The molecule has 5 aromatic rings. The molecule has 14 atom stereocenters. The van der Waals surface area contributed by atoms with Crippen LogP contribution in [0.25, 0.3) is 0 Å². The lowest BCUT2D eigenvalue weighted by atomic mass is 9.78. The SMILES string of the molecule is CC(N)C(C)N(C)c1c(N2C[C@H](CCCB(O)O)[C@](N)(C(=O)O)C2)c(=O)c1=O.CN(CC(C)(C)N)c1c(N2C[C@H](CCCB(O)O)[C@](N)(C(=O)O)C2)c(=O)c1=O.CN(CC1(N)COC1)c1c(N2C[C@H](CCCB(O)O)[C@](N)(C(=O)O)C2)c(=O)c1=O.CN(c1c(N2C[C@H](CCCB(O)O)[C@](N)(C(=O)O)C2)c(=O)c1=O)C1CC(N)C1.CN(c1c(N2C[C@H](CCCB(O)O)[C@](N)(C(=O)O)C2)c(=O)c1=O)C1CCC1N. The summed E-state index contributed by atoms with van der Waals surface area (Å²) in [5, 5.41) is 138. The van der Waals surface area contributed by atoms with Crippen molar-refractivity contribution in [2.45, 2.75) is 224 Å². The first-order valence-corrected chi connectivity index (χ1v) is 47.2. The molecule has 2 aliphatic carbocycles. The van der Waals surface area contributed by atoms with Gasteiger partial charge < -0.3 is 187 Å². The Labute approximate surface area is 812 Å². The van der Waals surface area contributed by atoms with Crippen LogP contribution in [0.1, 0.15) is 118 Å². The summed E-state index contributed by atoms with van der Waals surface area (Å²) in [7, 11) is 1.14. The highest BCUT2D eigenvalue weighted by Crippen LogP contribution is 2.44. The quantitative estimate of drug-likeness (QED) is 0.0127. The summed E-state index contributed by atoms with van der Waals surface area (Å²) in [5.41, 5.74) is 47.5. The van der Waals surface area contributed by atoms with Crippen molar-refractivity contribution < 1.29 is 104 Å². The minimum absolute atomic E-state index is 0.0198. The molecule has 2 saturated carbocycles. The van der Waals surface area contributed by atoms with E-state index < -0.39 is 188 Å². The van der Waals surface area contributed by atoms with Crippen LogP contribution in [0.3, 0.4) is 0 Å². The van der Waals surface area contributed by atoms with Crippen LogP contribution in [0.15, 0.2) is 47.9 Å². The van der Waals surface area contributed by atoms with Crippen molar-refractivity contribution in [1.29, 1.82) is 0 Å². The molecule has 6 saturated heterocycles. The molecule has 8 fully saturated rings. The second-order valence-electron chi connectivity index (χ2n) is 41.1. The van der Waals surface area contributed by atoms with Gasteiger partial charge in [0.1, 0.15) is 84.6 Å². The second kappa shape index (κ2) is 45.3. The highest BCUT2D eigenvalue weighted by atomic mass is 16.5. The van der Waals surface area contributed by atoms with Gasteiger partial charge >= 0.3 is 65.4 Å². The standard InChI is InChI=1S/C17H27BN4O7.2C17H27BN4O6.2C17H29BN4O6/c1-21(6-16(19)8-29-9-16)11-12(14(24)13(11)23)22-5-10(3-2-4-18(27)28)17(20,7-22)15(25)26;1-21(11-5-4-10(11)19)12-13(15(24)14(12)23)22-7-9(3-2-6-18(27)28)17(20,8-22)16(25)26;1-21(11-5-10(19)6-11)12-13(15(24)14(12)23)22-7-9(3-2-4-18(27)28)17(20,8-22)16(25)26;1-16(2,19)8-21(3)11-12(14(24)13(11)23)22-7-10(5-4-6-18(27)28)17(20,9-22)15(25)26;1-9(19)10(2)21(3)12-13(15(24)14(12)23)22-7-11(5-4-6-18(27)28)17(20,8-22)16(25)26/h10,27-28H,2-9,19-20H2,1H3,(H,25,26);2*9-11,27-28H,2-8,19-20H2,1H3,(H,25,26);10,27-28H,4-9,19-20H2,1-3H3,(H,25,26);9-11,27-28H,4-8,19-20H2,1-3H3,(H,25,26)/t10-,17-;2*9-,10?,11?,17-;10-,17-;9?,10?,11-,17-/m00000/s1. The number of anilines is 10. The minimum Gasteiger partial charge on any atom is -0.480 e. The van der Waals surface area contributed by atoms with Gasteiger partial charge in [-0.25, -0.2) is 0 Å². The van der Waals surface area contributed by atoms with Crippen LogP contribution in [0, 0.1) is 29.6 Å². The molecule has 0 bridgehead atoms. The Morgan fingerprint density at radius 2 is 0.660 bits per heavy atom. The number of aliphatic carboxylic acids is 5. The number of carboxylic acids is 5. The minimum atomic E-state index is -1.60. The zero-order chi connectivity index (χ0) is 106. The van der Waals surface area contributed by atoms with Crippen molar-refractivity contribution >= 4 is 122 Å². The van der Waals surface area contributed by atoms with Gasteiger partial charge in [0.25, 0.3) is 54.3 Å². The molecular weight excluding hydrogens is 1850 g/mol. The number of ether oxygens (including phenoxy) is 1. The normalized spacial score (nSPS) is 26.5. The molecule has 56 heteroatoms. The van der Waals surface area contributed by atoms with Gasteiger partial charge in [-0.3, -0.25) is 71.9 Å².